The molecule has 1 aromatic rings. The Labute approximate surface area is 124 Å². The Morgan fingerprint density at radius 2 is 1.75 bits per heavy atom. The van der Waals surface area contributed by atoms with Crippen LogP contribution in [0.1, 0.15) is 11.1 Å². The predicted molar refractivity (Wildman–Crippen MR) is 78.8 cm³/mol. The molecule has 110 valence electrons. The molecule has 6 heteroatoms. The quantitative estimate of drug-likeness (QED) is 0.616. The number of hydrogen-bond donors (Lipinski definition) is 0. The number of para-hydroxylation sites is 1. The molecule has 0 bridgehead atoms. The molecule has 20 heavy (non-hydrogen) atoms. The first-order chi connectivity index (χ1) is 9.42. The first kappa shape index (κ1) is 16.5. The second kappa shape index (κ2) is 7.26. The van der Waals surface area contributed by atoms with Crippen molar-refractivity contribution in [3.63, 3.8) is 0 Å². The SMILES string of the molecule is CON(C)C(=O)CN(C(=O)CCl)c1c(C)cccc1C. The number of likely N-dealkylation sites (N-methyl/N-ethyl adjacent to an activating group) is 1. The lowest BCUT2D eigenvalue weighted by molar-refractivity contribution is -0.167. The summed E-state index contributed by atoms with van der Waals surface area (Å²) in [5.74, 6) is -0.826. The number of halogens is 1. The Kier molecular flexibility index (Phi) is 5.98. The fourth-order valence-electron chi connectivity index (χ4n) is 1.93. The zero-order valence-electron chi connectivity index (χ0n) is 12.1. The normalized spacial score (nSPS) is 10.2. The first-order valence-electron chi connectivity index (χ1n) is 6.15. The molecule has 0 aliphatic carbocycles. The zero-order chi connectivity index (χ0) is 15.3. The van der Waals surface area contributed by atoms with E-state index < -0.39 is 0 Å². The summed E-state index contributed by atoms with van der Waals surface area (Å²) >= 11 is 5.65. The third-order valence-corrected chi connectivity index (χ3v) is 3.27. The van der Waals surface area contributed by atoms with Crippen LogP contribution in [0.25, 0.3) is 0 Å². The number of carbonyl (C=O) groups is 2. The molecule has 0 aromatic heterocycles. The Morgan fingerprint density at radius 3 is 2.20 bits per heavy atom. The summed E-state index contributed by atoms with van der Waals surface area (Å²) in [7, 11) is 2.89. The Morgan fingerprint density at radius 1 is 1.20 bits per heavy atom. The highest BCUT2D eigenvalue weighted by Crippen LogP contribution is 2.25. The smallest absolute Gasteiger partial charge is 0.265 e. The van der Waals surface area contributed by atoms with Crippen molar-refractivity contribution in [2.24, 2.45) is 0 Å². The number of amides is 2. The van der Waals surface area contributed by atoms with E-state index in [4.69, 9.17) is 16.4 Å². The number of aryl methyl sites for hydroxylation is 2. The summed E-state index contributed by atoms with van der Waals surface area (Å²) < 4.78 is 0. The van der Waals surface area contributed by atoms with Gasteiger partial charge in [-0.25, -0.2) is 5.06 Å². The second-order valence-electron chi connectivity index (χ2n) is 4.43. The molecule has 0 saturated carbocycles. The summed E-state index contributed by atoms with van der Waals surface area (Å²) in [6.07, 6.45) is 0. The summed E-state index contributed by atoms with van der Waals surface area (Å²) in [6.45, 7) is 3.67. The van der Waals surface area contributed by atoms with Crippen molar-refractivity contribution in [2.75, 3.05) is 31.5 Å². The van der Waals surface area contributed by atoms with Gasteiger partial charge in [0.1, 0.15) is 12.4 Å². The third kappa shape index (κ3) is 3.71. The lowest BCUT2D eigenvalue weighted by Crippen LogP contribution is -2.42. The number of alkyl halides is 1. The third-order valence-electron chi connectivity index (χ3n) is 3.04. The molecule has 5 nitrogen and oxygen atoms in total. The monoisotopic (exact) mass is 298 g/mol. The van der Waals surface area contributed by atoms with Gasteiger partial charge in [0, 0.05) is 7.05 Å². The van der Waals surface area contributed by atoms with Crippen molar-refractivity contribution in [3.05, 3.63) is 29.3 Å². The molecule has 0 saturated heterocycles. The maximum absolute atomic E-state index is 12.0. The molecule has 0 fully saturated rings. The zero-order valence-corrected chi connectivity index (χ0v) is 12.9. The lowest BCUT2D eigenvalue weighted by atomic mass is 10.1. The van der Waals surface area contributed by atoms with Crippen molar-refractivity contribution in [1.82, 2.24) is 5.06 Å². The number of benzene rings is 1. The van der Waals surface area contributed by atoms with Gasteiger partial charge in [-0.15, -0.1) is 11.6 Å². The van der Waals surface area contributed by atoms with E-state index in [2.05, 4.69) is 0 Å². The molecule has 0 N–H and O–H groups in total. The van der Waals surface area contributed by atoms with E-state index in [1.807, 2.05) is 32.0 Å². The van der Waals surface area contributed by atoms with E-state index >= 15 is 0 Å². The van der Waals surface area contributed by atoms with Gasteiger partial charge in [-0.1, -0.05) is 18.2 Å². The van der Waals surface area contributed by atoms with Gasteiger partial charge in [0.25, 0.3) is 5.91 Å². The summed E-state index contributed by atoms with van der Waals surface area (Å²) in [5, 5.41) is 1.09. The highest BCUT2D eigenvalue weighted by Gasteiger charge is 2.23. The van der Waals surface area contributed by atoms with Crippen molar-refractivity contribution in [2.45, 2.75) is 13.8 Å². The maximum atomic E-state index is 12.0. The number of rotatable bonds is 5. The minimum atomic E-state index is -0.325. The highest BCUT2D eigenvalue weighted by molar-refractivity contribution is 6.29. The van der Waals surface area contributed by atoms with Gasteiger partial charge in [0.15, 0.2) is 0 Å². The van der Waals surface area contributed by atoms with E-state index in [0.717, 1.165) is 21.9 Å². The first-order valence-corrected chi connectivity index (χ1v) is 6.69. The van der Waals surface area contributed by atoms with Crippen molar-refractivity contribution < 1.29 is 14.4 Å². The van der Waals surface area contributed by atoms with E-state index in [-0.39, 0.29) is 24.2 Å². The van der Waals surface area contributed by atoms with Crippen molar-refractivity contribution in [3.8, 4) is 0 Å². The van der Waals surface area contributed by atoms with Crippen LogP contribution in [0.5, 0.6) is 0 Å². The molecule has 0 aliphatic heterocycles. The molecule has 0 heterocycles. The van der Waals surface area contributed by atoms with Crippen LogP contribution in [0.2, 0.25) is 0 Å². The molecule has 0 unspecified atom stereocenters. The maximum Gasteiger partial charge on any atom is 0.265 e. The van der Waals surface area contributed by atoms with Gasteiger partial charge in [-0.3, -0.25) is 14.4 Å². The topological polar surface area (TPSA) is 49.9 Å². The van der Waals surface area contributed by atoms with Gasteiger partial charge < -0.3 is 4.90 Å². The number of hydrogen-bond acceptors (Lipinski definition) is 3. The fourth-order valence-corrected chi connectivity index (χ4v) is 2.08. The van der Waals surface area contributed by atoms with Gasteiger partial charge in [-0.2, -0.15) is 0 Å². The fraction of sp³-hybridized carbons (Fsp3) is 0.429. The van der Waals surface area contributed by atoms with Crippen LogP contribution in [0, 0.1) is 13.8 Å². The summed E-state index contributed by atoms with van der Waals surface area (Å²) in [5.41, 5.74) is 2.55. The Bertz CT molecular complexity index is 485. The molecule has 2 amide bonds. The van der Waals surface area contributed by atoms with Crippen molar-refractivity contribution >= 4 is 29.1 Å². The Balaban J connectivity index is 3.14. The van der Waals surface area contributed by atoms with Crippen LogP contribution in [0.4, 0.5) is 5.69 Å². The van der Waals surface area contributed by atoms with E-state index in [9.17, 15) is 9.59 Å². The van der Waals surface area contributed by atoms with Crippen LogP contribution in [-0.2, 0) is 14.4 Å². The standard InChI is InChI=1S/C14H19ClN2O3/c1-10-6-5-7-11(2)14(10)17(12(18)8-15)9-13(19)16(3)20-4/h5-7H,8-9H2,1-4H3. The lowest BCUT2D eigenvalue weighted by Gasteiger charge is -2.26. The minimum Gasteiger partial charge on any atom is -0.301 e. The highest BCUT2D eigenvalue weighted by atomic mass is 35.5. The van der Waals surface area contributed by atoms with E-state index in [1.165, 1.54) is 19.1 Å². The van der Waals surface area contributed by atoms with Gasteiger partial charge >= 0.3 is 0 Å². The average Bonchev–Trinajstić information content (AvgIpc) is 2.43. The van der Waals surface area contributed by atoms with Crippen molar-refractivity contribution in [1.29, 1.82) is 0 Å². The van der Waals surface area contributed by atoms with Crippen LogP contribution in [-0.4, -0.2) is 43.5 Å². The molecule has 0 aliphatic rings. The molecule has 0 atom stereocenters. The molecule has 1 rings (SSSR count). The van der Waals surface area contributed by atoms with Crippen LogP contribution < -0.4 is 4.90 Å². The number of nitrogens with zero attached hydrogens (tertiary/aromatic N) is 2. The van der Waals surface area contributed by atoms with Crippen LogP contribution >= 0.6 is 11.6 Å². The molecular formula is C14H19ClN2O3. The van der Waals surface area contributed by atoms with Gasteiger partial charge in [0.05, 0.1) is 12.8 Å². The number of anilines is 1. The van der Waals surface area contributed by atoms with Gasteiger partial charge in [0.2, 0.25) is 5.91 Å². The molecular weight excluding hydrogens is 280 g/mol. The molecule has 0 radical (unpaired) electrons. The second-order valence-corrected chi connectivity index (χ2v) is 4.69. The van der Waals surface area contributed by atoms with Crippen LogP contribution in [0.15, 0.2) is 18.2 Å². The van der Waals surface area contributed by atoms with Crippen LogP contribution in [0.3, 0.4) is 0 Å². The van der Waals surface area contributed by atoms with Gasteiger partial charge in [-0.05, 0) is 25.0 Å². The molecule has 0 spiro atoms. The molecule has 1 aromatic carbocycles. The summed E-state index contributed by atoms with van der Waals surface area (Å²) in [4.78, 5) is 30.2. The average molecular weight is 299 g/mol. The number of carbonyl (C=O) groups excluding carboxylic acids is 2. The van der Waals surface area contributed by atoms with E-state index in [1.54, 1.807) is 0 Å². The number of hydroxylamine groups is 2. The Hall–Kier alpha value is -1.59. The predicted octanol–water partition coefficient (Wildman–Crippen LogP) is 1.90. The van der Waals surface area contributed by atoms with E-state index in [0.29, 0.717) is 0 Å². The largest absolute Gasteiger partial charge is 0.301 e. The minimum absolute atomic E-state index is 0.110. The summed E-state index contributed by atoms with van der Waals surface area (Å²) in [6, 6.07) is 5.68.